The first-order valence-electron chi connectivity index (χ1n) is 10.6. The Balaban J connectivity index is 1.35. The van der Waals surface area contributed by atoms with Crippen LogP contribution < -0.4 is 4.74 Å². The summed E-state index contributed by atoms with van der Waals surface area (Å²) >= 11 is 0. The van der Waals surface area contributed by atoms with Gasteiger partial charge in [0, 0.05) is 63.7 Å². The van der Waals surface area contributed by atoms with E-state index in [0.29, 0.717) is 64.4 Å². The molecule has 0 radical (unpaired) electrons. The highest BCUT2D eigenvalue weighted by Gasteiger charge is 2.27. The molecule has 1 aromatic heterocycles. The van der Waals surface area contributed by atoms with Gasteiger partial charge in [-0.2, -0.15) is 5.10 Å². The summed E-state index contributed by atoms with van der Waals surface area (Å²) in [6.45, 7) is 3.38. The summed E-state index contributed by atoms with van der Waals surface area (Å²) in [5, 5.41) is 4.62. The van der Waals surface area contributed by atoms with Gasteiger partial charge in [0.1, 0.15) is 11.6 Å². The van der Waals surface area contributed by atoms with E-state index in [4.69, 9.17) is 9.47 Å². The summed E-state index contributed by atoms with van der Waals surface area (Å²) in [6.07, 6.45) is 1.65. The molecule has 8 nitrogen and oxygen atoms in total. The van der Waals surface area contributed by atoms with Gasteiger partial charge in [-0.15, -0.1) is 0 Å². The molecule has 0 N–H and O–H groups in total. The molecule has 3 heterocycles. The molecule has 2 aromatic rings. The molecule has 0 saturated carbocycles. The van der Waals surface area contributed by atoms with Crippen molar-refractivity contribution in [3.05, 3.63) is 47.0 Å². The number of nitrogens with zero attached hydrogens (tertiary/aromatic N) is 4. The van der Waals surface area contributed by atoms with Crippen molar-refractivity contribution in [1.82, 2.24) is 19.6 Å². The van der Waals surface area contributed by atoms with E-state index < -0.39 is 0 Å². The van der Waals surface area contributed by atoms with Crippen molar-refractivity contribution in [2.24, 2.45) is 7.05 Å². The summed E-state index contributed by atoms with van der Waals surface area (Å²) in [5.41, 5.74) is 3.01. The Morgan fingerprint density at radius 2 is 1.84 bits per heavy atom. The molecule has 1 aromatic carbocycles. The molecular weight excluding hydrogens is 403 g/mol. The zero-order chi connectivity index (χ0) is 21.8. The fourth-order valence-corrected chi connectivity index (χ4v) is 4.05. The molecule has 0 spiro atoms. The Morgan fingerprint density at radius 3 is 2.58 bits per heavy atom. The number of rotatable bonds is 6. The molecule has 2 aliphatic rings. The molecule has 1 saturated heterocycles. The largest absolute Gasteiger partial charge is 0.484 e. The summed E-state index contributed by atoms with van der Waals surface area (Å²) in [6, 6.07) is 5.60. The number of fused-ring (bicyclic) bond motifs is 1. The topological polar surface area (TPSA) is 76.9 Å². The Kier molecular flexibility index (Phi) is 6.50. The van der Waals surface area contributed by atoms with Crippen molar-refractivity contribution in [1.29, 1.82) is 0 Å². The van der Waals surface area contributed by atoms with Gasteiger partial charge in [-0.25, -0.2) is 4.39 Å². The van der Waals surface area contributed by atoms with Crippen molar-refractivity contribution in [2.45, 2.75) is 25.8 Å². The lowest BCUT2D eigenvalue weighted by molar-refractivity contribution is -0.135. The number of halogens is 1. The molecule has 2 amide bonds. The van der Waals surface area contributed by atoms with E-state index in [1.54, 1.807) is 4.90 Å². The maximum absolute atomic E-state index is 13.0. The number of carbonyl (C=O) groups excluding carboxylic acids is 2. The second-order valence-corrected chi connectivity index (χ2v) is 7.80. The Bertz CT molecular complexity index is 938. The highest BCUT2D eigenvalue weighted by molar-refractivity contribution is 5.78. The second-order valence-electron chi connectivity index (χ2n) is 7.80. The molecule has 1 fully saturated rings. The minimum atomic E-state index is -0.349. The average Bonchev–Trinajstić information content (AvgIpc) is 3.12. The third kappa shape index (κ3) is 5.04. The second kappa shape index (κ2) is 9.47. The monoisotopic (exact) mass is 430 g/mol. The van der Waals surface area contributed by atoms with Crippen LogP contribution in [0.15, 0.2) is 24.3 Å². The van der Waals surface area contributed by atoms with Crippen molar-refractivity contribution in [3.8, 4) is 5.75 Å². The van der Waals surface area contributed by atoms with Crippen LogP contribution in [0, 0.1) is 5.82 Å². The van der Waals surface area contributed by atoms with Crippen LogP contribution in [0.1, 0.15) is 23.4 Å². The van der Waals surface area contributed by atoms with Crippen LogP contribution >= 0.6 is 0 Å². The summed E-state index contributed by atoms with van der Waals surface area (Å²) in [7, 11) is 1.90. The SMILES string of the molecule is Cn1nc(CCC(=O)N2CCOCC2)c2c1CCN(C(=O)COc1ccc(F)cc1)C2. The van der Waals surface area contributed by atoms with Crippen molar-refractivity contribution in [3.63, 3.8) is 0 Å². The van der Waals surface area contributed by atoms with Gasteiger partial charge < -0.3 is 19.3 Å². The van der Waals surface area contributed by atoms with E-state index >= 15 is 0 Å². The molecular formula is C22H27FN4O4. The quantitative estimate of drug-likeness (QED) is 0.691. The molecule has 0 atom stereocenters. The summed E-state index contributed by atoms with van der Waals surface area (Å²) in [4.78, 5) is 28.7. The van der Waals surface area contributed by atoms with Gasteiger partial charge in [0.25, 0.3) is 5.91 Å². The van der Waals surface area contributed by atoms with Gasteiger partial charge in [0.15, 0.2) is 6.61 Å². The van der Waals surface area contributed by atoms with Crippen LogP contribution in [0.4, 0.5) is 4.39 Å². The van der Waals surface area contributed by atoms with Crippen LogP contribution in [0.25, 0.3) is 0 Å². The zero-order valence-corrected chi connectivity index (χ0v) is 17.7. The van der Waals surface area contributed by atoms with E-state index in [1.807, 2.05) is 16.6 Å². The van der Waals surface area contributed by atoms with Gasteiger partial charge in [-0.3, -0.25) is 14.3 Å². The first-order chi connectivity index (χ1) is 15.0. The van der Waals surface area contributed by atoms with Crippen LogP contribution in [-0.2, 0) is 40.8 Å². The molecule has 4 rings (SSSR count). The fourth-order valence-electron chi connectivity index (χ4n) is 4.05. The minimum absolute atomic E-state index is 0.105. The van der Waals surface area contributed by atoms with Gasteiger partial charge in [-0.1, -0.05) is 0 Å². The molecule has 31 heavy (non-hydrogen) atoms. The predicted octanol–water partition coefficient (Wildman–Crippen LogP) is 1.31. The summed E-state index contributed by atoms with van der Waals surface area (Å²) in [5.74, 6) is 0.0860. The van der Waals surface area contributed by atoms with Gasteiger partial charge in [-0.05, 0) is 24.3 Å². The first kappa shape index (κ1) is 21.3. The standard InChI is InChI=1S/C22H27FN4O4/c1-25-20-8-9-27(22(29)15-31-17-4-2-16(23)3-5-17)14-18(20)19(24-25)6-7-21(28)26-10-12-30-13-11-26/h2-5H,6-15H2,1H3. The fraction of sp³-hybridized carbons (Fsp3) is 0.500. The number of amides is 2. The van der Waals surface area contributed by atoms with E-state index in [1.165, 1.54) is 24.3 Å². The number of aryl methyl sites for hydroxylation is 2. The Labute approximate surface area is 180 Å². The molecule has 0 unspecified atom stereocenters. The Hall–Kier alpha value is -2.94. The lowest BCUT2D eigenvalue weighted by atomic mass is 10.0. The number of benzene rings is 1. The average molecular weight is 430 g/mol. The van der Waals surface area contributed by atoms with Gasteiger partial charge in [0.05, 0.1) is 18.9 Å². The normalized spacial score (nSPS) is 16.2. The van der Waals surface area contributed by atoms with Crippen molar-refractivity contribution >= 4 is 11.8 Å². The maximum Gasteiger partial charge on any atom is 0.260 e. The number of carbonyl (C=O) groups is 2. The number of hydrogen-bond acceptors (Lipinski definition) is 5. The van der Waals surface area contributed by atoms with Crippen LogP contribution in [0.3, 0.4) is 0 Å². The minimum Gasteiger partial charge on any atom is -0.484 e. The molecule has 166 valence electrons. The van der Waals surface area contributed by atoms with Crippen molar-refractivity contribution in [2.75, 3.05) is 39.5 Å². The predicted molar refractivity (Wildman–Crippen MR) is 110 cm³/mol. The van der Waals surface area contributed by atoms with Crippen LogP contribution in [0.5, 0.6) is 5.75 Å². The first-order valence-corrected chi connectivity index (χ1v) is 10.6. The van der Waals surface area contributed by atoms with Crippen LogP contribution in [-0.4, -0.2) is 70.8 Å². The summed E-state index contributed by atoms with van der Waals surface area (Å²) < 4.78 is 25.7. The maximum atomic E-state index is 13.0. The number of ether oxygens (including phenoxy) is 2. The van der Waals surface area contributed by atoms with E-state index in [-0.39, 0.29) is 24.2 Å². The molecule has 0 aliphatic carbocycles. The van der Waals surface area contributed by atoms with Crippen LogP contribution in [0.2, 0.25) is 0 Å². The molecule has 9 heteroatoms. The number of aromatic nitrogens is 2. The highest BCUT2D eigenvalue weighted by Crippen LogP contribution is 2.24. The van der Waals surface area contributed by atoms with E-state index in [9.17, 15) is 14.0 Å². The number of hydrogen-bond donors (Lipinski definition) is 0. The van der Waals surface area contributed by atoms with E-state index in [0.717, 1.165) is 17.0 Å². The smallest absolute Gasteiger partial charge is 0.260 e. The van der Waals surface area contributed by atoms with E-state index in [2.05, 4.69) is 5.10 Å². The third-order valence-electron chi connectivity index (χ3n) is 5.79. The van der Waals surface area contributed by atoms with Gasteiger partial charge >= 0.3 is 0 Å². The lowest BCUT2D eigenvalue weighted by Crippen LogP contribution is -2.41. The number of morpholine rings is 1. The zero-order valence-electron chi connectivity index (χ0n) is 17.7. The van der Waals surface area contributed by atoms with Gasteiger partial charge in [0.2, 0.25) is 5.91 Å². The lowest BCUT2D eigenvalue weighted by Gasteiger charge is -2.28. The third-order valence-corrected chi connectivity index (χ3v) is 5.79. The molecule has 0 bridgehead atoms. The molecule has 2 aliphatic heterocycles. The van der Waals surface area contributed by atoms with Crippen molar-refractivity contribution < 1.29 is 23.5 Å². The Morgan fingerprint density at radius 1 is 1.10 bits per heavy atom. The highest BCUT2D eigenvalue weighted by atomic mass is 19.1.